The zero-order chi connectivity index (χ0) is 15.9. The van der Waals surface area contributed by atoms with Crippen LogP contribution in [0.3, 0.4) is 0 Å². The van der Waals surface area contributed by atoms with Gasteiger partial charge in [-0.25, -0.2) is 8.42 Å². The highest BCUT2D eigenvalue weighted by Crippen LogP contribution is 2.28. The van der Waals surface area contributed by atoms with Crippen LogP contribution in [0.5, 0.6) is 0 Å². The molecule has 120 valence electrons. The number of hydrogen-bond acceptors (Lipinski definition) is 5. The number of sulfonamides is 1. The largest absolute Gasteiger partial charge is 0.271 e. The third-order valence-corrected chi connectivity index (χ3v) is 6.38. The number of aryl methyl sites for hydroxylation is 2. The minimum absolute atomic E-state index is 0.164. The van der Waals surface area contributed by atoms with Gasteiger partial charge in [0.1, 0.15) is 4.90 Å². The Morgan fingerprint density at radius 1 is 1.14 bits per heavy atom. The molecule has 0 radical (unpaired) electrons. The van der Waals surface area contributed by atoms with Crippen molar-refractivity contribution < 1.29 is 8.42 Å². The van der Waals surface area contributed by atoms with Gasteiger partial charge in [0.15, 0.2) is 0 Å². The van der Waals surface area contributed by atoms with E-state index in [1.807, 2.05) is 0 Å². The van der Waals surface area contributed by atoms with Crippen LogP contribution in [0.4, 0.5) is 0 Å². The van der Waals surface area contributed by atoms with Crippen LogP contribution in [0.1, 0.15) is 30.3 Å². The van der Waals surface area contributed by atoms with E-state index in [2.05, 4.69) is 15.3 Å². The van der Waals surface area contributed by atoms with E-state index in [0.29, 0.717) is 42.2 Å². The predicted molar refractivity (Wildman–Crippen MR) is 79.7 cm³/mol. The number of piperidine rings is 1. The SMILES string of the molecule is Cc1nn(C)c(C)c1S(=O)(=O)N1CCC(n2nccn2)CC1. The molecule has 1 saturated heterocycles. The van der Waals surface area contributed by atoms with Crippen molar-refractivity contribution in [1.82, 2.24) is 29.1 Å². The second kappa shape index (κ2) is 5.47. The summed E-state index contributed by atoms with van der Waals surface area (Å²) in [7, 11) is -1.73. The van der Waals surface area contributed by atoms with Gasteiger partial charge in [-0.3, -0.25) is 4.68 Å². The molecule has 0 N–H and O–H groups in total. The Bertz CT molecular complexity index is 757. The van der Waals surface area contributed by atoms with E-state index in [4.69, 9.17) is 0 Å². The summed E-state index contributed by atoms with van der Waals surface area (Å²) < 4.78 is 28.9. The zero-order valence-corrected chi connectivity index (χ0v) is 13.8. The minimum Gasteiger partial charge on any atom is -0.271 e. The number of rotatable bonds is 3. The van der Waals surface area contributed by atoms with Gasteiger partial charge in [-0.15, -0.1) is 0 Å². The number of hydrogen-bond donors (Lipinski definition) is 0. The van der Waals surface area contributed by atoms with Crippen LogP contribution in [-0.4, -0.2) is 50.6 Å². The molecule has 1 aliphatic rings. The van der Waals surface area contributed by atoms with Crippen LogP contribution in [0.25, 0.3) is 0 Å². The molecule has 0 bridgehead atoms. The fourth-order valence-corrected chi connectivity index (χ4v) is 4.85. The molecule has 8 nitrogen and oxygen atoms in total. The molecule has 0 spiro atoms. The molecular weight excluding hydrogens is 304 g/mol. The minimum atomic E-state index is -3.49. The van der Waals surface area contributed by atoms with Gasteiger partial charge in [0.05, 0.1) is 29.8 Å². The highest BCUT2D eigenvalue weighted by molar-refractivity contribution is 7.89. The molecule has 2 aromatic rings. The monoisotopic (exact) mass is 324 g/mol. The fourth-order valence-electron chi connectivity index (χ4n) is 2.98. The second-order valence-corrected chi connectivity index (χ2v) is 7.48. The van der Waals surface area contributed by atoms with Crippen LogP contribution < -0.4 is 0 Å². The Kier molecular flexibility index (Phi) is 3.77. The Hall–Kier alpha value is -1.74. The van der Waals surface area contributed by atoms with E-state index in [1.54, 1.807) is 47.1 Å². The summed E-state index contributed by atoms with van der Waals surface area (Å²) in [6.45, 7) is 4.47. The first kappa shape index (κ1) is 15.2. The lowest BCUT2D eigenvalue weighted by atomic mass is 10.1. The van der Waals surface area contributed by atoms with Crippen molar-refractivity contribution in [3.63, 3.8) is 0 Å². The highest BCUT2D eigenvalue weighted by atomic mass is 32.2. The Balaban J connectivity index is 1.80. The van der Waals surface area contributed by atoms with Gasteiger partial charge in [-0.2, -0.15) is 24.4 Å². The van der Waals surface area contributed by atoms with Gasteiger partial charge in [0, 0.05) is 20.1 Å². The highest BCUT2D eigenvalue weighted by Gasteiger charge is 2.34. The molecule has 0 saturated carbocycles. The van der Waals surface area contributed by atoms with Crippen molar-refractivity contribution in [2.45, 2.75) is 37.6 Å². The Labute approximate surface area is 129 Å². The van der Waals surface area contributed by atoms with E-state index < -0.39 is 10.0 Å². The van der Waals surface area contributed by atoms with Crippen molar-refractivity contribution in [1.29, 1.82) is 0 Å². The summed E-state index contributed by atoms with van der Waals surface area (Å²) in [6, 6.07) is 0.164. The van der Waals surface area contributed by atoms with E-state index in [1.165, 1.54) is 0 Å². The molecular formula is C13H20N6O2S. The fraction of sp³-hybridized carbons (Fsp3) is 0.615. The first-order valence-electron chi connectivity index (χ1n) is 7.27. The lowest BCUT2D eigenvalue weighted by Gasteiger charge is -2.30. The lowest BCUT2D eigenvalue weighted by Crippen LogP contribution is -2.39. The Morgan fingerprint density at radius 3 is 2.23 bits per heavy atom. The summed E-state index contributed by atoms with van der Waals surface area (Å²) in [4.78, 5) is 2.01. The summed E-state index contributed by atoms with van der Waals surface area (Å²) >= 11 is 0. The molecule has 0 aliphatic carbocycles. The average molecular weight is 324 g/mol. The molecule has 9 heteroatoms. The number of aromatic nitrogens is 5. The average Bonchev–Trinajstić information content (AvgIpc) is 3.08. The van der Waals surface area contributed by atoms with Gasteiger partial charge in [0.2, 0.25) is 10.0 Å². The second-order valence-electron chi connectivity index (χ2n) is 5.61. The normalized spacial score (nSPS) is 18.0. The van der Waals surface area contributed by atoms with Gasteiger partial charge in [-0.1, -0.05) is 0 Å². The van der Waals surface area contributed by atoms with Crippen molar-refractivity contribution in [3.8, 4) is 0 Å². The molecule has 22 heavy (non-hydrogen) atoms. The third-order valence-electron chi connectivity index (χ3n) is 4.23. The maximum Gasteiger partial charge on any atom is 0.246 e. The van der Waals surface area contributed by atoms with E-state index in [-0.39, 0.29) is 6.04 Å². The van der Waals surface area contributed by atoms with Gasteiger partial charge >= 0.3 is 0 Å². The number of nitrogens with zero attached hydrogens (tertiary/aromatic N) is 6. The molecule has 1 fully saturated rings. The van der Waals surface area contributed by atoms with Crippen LogP contribution in [0, 0.1) is 13.8 Å². The Morgan fingerprint density at radius 2 is 1.73 bits per heavy atom. The van der Waals surface area contributed by atoms with Gasteiger partial charge in [0.25, 0.3) is 0 Å². The first-order chi connectivity index (χ1) is 10.4. The summed E-state index contributed by atoms with van der Waals surface area (Å²) in [5.74, 6) is 0. The molecule has 0 amide bonds. The standard InChI is InChI=1S/C13H20N6O2S/c1-10-13(11(2)17(3)16-10)22(20,21)18-8-4-12(5-9-18)19-14-6-7-15-19/h6-7,12H,4-5,8-9H2,1-3H3. The predicted octanol–water partition coefficient (Wildman–Crippen LogP) is 0.654. The zero-order valence-electron chi connectivity index (χ0n) is 13.0. The summed E-state index contributed by atoms with van der Waals surface area (Å²) in [6.07, 6.45) is 4.72. The van der Waals surface area contributed by atoms with Crippen LogP contribution in [-0.2, 0) is 17.1 Å². The van der Waals surface area contributed by atoms with Crippen molar-refractivity contribution in [3.05, 3.63) is 23.8 Å². The van der Waals surface area contributed by atoms with Crippen LogP contribution in [0.15, 0.2) is 17.3 Å². The molecule has 2 aromatic heterocycles. The summed E-state index contributed by atoms with van der Waals surface area (Å²) in [5, 5.41) is 12.5. The molecule has 3 heterocycles. The maximum absolute atomic E-state index is 12.9. The maximum atomic E-state index is 12.9. The van der Waals surface area contributed by atoms with E-state index >= 15 is 0 Å². The smallest absolute Gasteiger partial charge is 0.246 e. The van der Waals surface area contributed by atoms with Crippen molar-refractivity contribution >= 4 is 10.0 Å². The first-order valence-corrected chi connectivity index (χ1v) is 8.71. The molecule has 0 unspecified atom stereocenters. The van der Waals surface area contributed by atoms with Gasteiger partial charge < -0.3 is 0 Å². The quantitative estimate of drug-likeness (QED) is 0.827. The molecule has 0 atom stereocenters. The third kappa shape index (κ3) is 2.44. The van der Waals surface area contributed by atoms with E-state index in [0.717, 1.165) is 0 Å². The lowest BCUT2D eigenvalue weighted by molar-refractivity contribution is 0.245. The van der Waals surface area contributed by atoms with Crippen molar-refractivity contribution in [2.75, 3.05) is 13.1 Å². The van der Waals surface area contributed by atoms with Crippen LogP contribution >= 0.6 is 0 Å². The molecule has 0 aromatic carbocycles. The van der Waals surface area contributed by atoms with Crippen molar-refractivity contribution in [2.24, 2.45) is 7.05 Å². The topological polar surface area (TPSA) is 85.9 Å². The van der Waals surface area contributed by atoms with Gasteiger partial charge in [-0.05, 0) is 26.7 Å². The molecule has 1 aliphatic heterocycles. The molecule has 3 rings (SSSR count). The summed E-state index contributed by atoms with van der Waals surface area (Å²) in [5.41, 5.74) is 1.23. The van der Waals surface area contributed by atoms with Crippen LogP contribution in [0.2, 0.25) is 0 Å². The van der Waals surface area contributed by atoms with E-state index in [9.17, 15) is 8.42 Å².